The van der Waals surface area contributed by atoms with E-state index in [1.165, 1.54) is 0 Å². The van der Waals surface area contributed by atoms with Gasteiger partial charge in [-0.1, -0.05) is 52.5 Å². The lowest BCUT2D eigenvalue weighted by Gasteiger charge is -2.14. The van der Waals surface area contributed by atoms with E-state index in [0.29, 0.717) is 31.6 Å². The maximum Gasteiger partial charge on any atom is 0.147 e. The highest BCUT2D eigenvalue weighted by atomic mass is 35.5. The molecule has 2 aromatic rings. The molecule has 0 aliphatic heterocycles. The van der Waals surface area contributed by atoms with E-state index in [1.54, 1.807) is 18.2 Å². The first-order valence-electron chi connectivity index (χ1n) is 6.21. The first-order valence-corrected chi connectivity index (χ1v) is 7.72. The summed E-state index contributed by atoms with van der Waals surface area (Å²) in [5.74, 6) is 1.00. The summed E-state index contributed by atoms with van der Waals surface area (Å²) in [4.78, 5) is 0. The van der Waals surface area contributed by atoms with Crippen molar-refractivity contribution < 1.29 is 4.74 Å². The first kappa shape index (κ1) is 16.7. The highest BCUT2D eigenvalue weighted by Crippen LogP contribution is 2.37. The second-order valence-electron chi connectivity index (χ2n) is 4.49. The Labute approximate surface area is 143 Å². The van der Waals surface area contributed by atoms with E-state index < -0.39 is 0 Å². The van der Waals surface area contributed by atoms with Crippen LogP contribution in [-0.4, -0.2) is 7.05 Å². The minimum absolute atomic E-state index is 0.153. The fraction of sp³-hybridized carbons (Fsp3) is 0.200. The lowest BCUT2D eigenvalue weighted by Crippen LogP contribution is -2.12. The van der Waals surface area contributed by atoms with E-state index >= 15 is 0 Å². The lowest BCUT2D eigenvalue weighted by molar-refractivity contribution is 0.482. The average Bonchev–Trinajstić information content (AvgIpc) is 2.44. The van der Waals surface area contributed by atoms with Gasteiger partial charge < -0.3 is 10.1 Å². The van der Waals surface area contributed by atoms with Crippen molar-refractivity contribution in [2.24, 2.45) is 0 Å². The largest absolute Gasteiger partial charge is 0.456 e. The standard InChI is InChI=1S/C15H13Cl4NO/c1-8(20-2)10-4-3-9(5-11(10)16)21-15-7-13(18)12(17)6-14(15)19/h3-8,20H,1-2H3. The van der Waals surface area contributed by atoms with Crippen LogP contribution in [0.25, 0.3) is 0 Å². The average molecular weight is 365 g/mol. The van der Waals surface area contributed by atoms with Crippen molar-refractivity contribution >= 4 is 46.4 Å². The Morgan fingerprint density at radius 1 is 0.905 bits per heavy atom. The maximum absolute atomic E-state index is 6.27. The van der Waals surface area contributed by atoms with Crippen molar-refractivity contribution in [3.8, 4) is 11.5 Å². The zero-order valence-electron chi connectivity index (χ0n) is 11.4. The molecule has 0 saturated heterocycles. The molecule has 6 heteroatoms. The molecule has 0 aliphatic carbocycles. The van der Waals surface area contributed by atoms with Gasteiger partial charge in [0.2, 0.25) is 0 Å². The number of ether oxygens (including phenoxy) is 1. The smallest absolute Gasteiger partial charge is 0.147 e. The van der Waals surface area contributed by atoms with Gasteiger partial charge in [0.15, 0.2) is 0 Å². The summed E-state index contributed by atoms with van der Waals surface area (Å²) in [7, 11) is 1.88. The van der Waals surface area contributed by atoms with Crippen LogP contribution < -0.4 is 10.1 Å². The monoisotopic (exact) mass is 363 g/mol. The topological polar surface area (TPSA) is 21.3 Å². The van der Waals surface area contributed by atoms with Crippen molar-refractivity contribution in [2.75, 3.05) is 7.05 Å². The fourth-order valence-electron chi connectivity index (χ4n) is 1.79. The van der Waals surface area contributed by atoms with E-state index in [9.17, 15) is 0 Å². The Bertz CT molecular complexity index is 660. The Balaban J connectivity index is 2.29. The molecule has 1 atom stereocenters. The van der Waals surface area contributed by atoms with Crippen LogP contribution in [-0.2, 0) is 0 Å². The van der Waals surface area contributed by atoms with Gasteiger partial charge in [-0.3, -0.25) is 0 Å². The molecule has 0 amide bonds. The van der Waals surface area contributed by atoms with Gasteiger partial charge in [-0.15, -0.1) is 0 Å². The van der Waals surface area contributed by atoms with Crippen LogP contribution in [0.1, 0.15) is 18.5 Å². The summed E-state index contributed by atoms with van der Waals surface area (Å²) < 4.78 is 5.71. The van der Waals surface area contributed by atoms with E-state index in [4.69, 9.17) is 51.1 Å². The Morgan fingerprint density at radius 2 is 1.57 bits per heavy atom. The molecular weight excluding hydrogens is 352 g/mol. The van der Waals surface area contributed by atoms with Gasteiger partial charge in [-0.25, -0.2) is 0 Å². The third-order valence-corrected chi connectivity index (χ3v) is 4.42. The summed E-state index contributed by atoms with van der Waals surface area (Å²) in [6.45, 7) is 2.03. The van der Waals surface area contributed by atoms with Crippen LogP contribution in [0.4, 0.5) is 0 Å². The Morgan fingerprint density at radius 3 is 2.19 bits per heavy atom. The molecule has 0 bridgehead atoms. The van der Waals surface area contributed by atoms with Gasteiger partial charge in [0, 0.05) is 17.1 Å². The fourth-order valence-corrected chi connectivity index (χ4v) is 2.70. The summed E-state index contributed by atoms with van der Waals surface area (Å²) in [6, 6.07) is 8.74. The number of hydrogen-bond donors (Lipinski definition) is 1. The zero-order chi connectivity index (χ0) is 15.6. The van der Waals surface area contributed by atoms with Gasteiger partial charge in [-0.2, -0.15) is 0 Å². The minimum Gasteiger partial charge on any atom is -0.456 e. The van der Waals surface area contributed by atoms with Crippen LogP contribution in [0.5, 0.6) is 11.5 Å². The van der Waals surface area contributed by atoms with Crippen LogP contribution in [0.15, 0.2) is 30.3 Å². The minimum atomic E-state index is 0.153. The van der Waals surface area contributed by atoms with Gasteiger partial charge in [0.25, 0.3) is 0 Å². The SMILES string of the molecule is CNC(C)c1ccc(Oc2cc(Cl)c(Cl)cc2Cl)cc1Cl. The molecule has 0 fully saturated rings. The predicted octanol–water partition coefficient (Wildman–Crippen LogP) is 6.37. The molecule has 0 radical (unpaired) electrons. The van der Waals surface area contributed by atoms with E-state index in [2.05, 4.69) is 5.32 Å². The third kappa shape index (κ3) is 3.97. The normalized spacial score (nSPS) is 12.3. The van der Waals surface area contributed by atoms with E-state index in [-0.39, 0.29) is 6.04 Å². The van der Waals surface area contributed by atoms with Gasteiger partial charge in [0.05, 0.1) is 15.1 Å². The van der Waals surface area contributed by atoms with Crippen molar-refractivity contribution in [1.82, 2.24) is 5.32 Å². The van der Waals surface area contributed by atoms with Gasteiger partial charge in [0.1, 0.15) is 11.5 Å². The Kier molecular flexibility index (Phi) is 5.64. The van der Waals surface area contributed by atoms with Crippen molar-refractivity contribution in [2.45, 2.75) is 13.0 Å². The number of rotatable bonds is 4. The summed E-state index contributed by atoms with van der Waals surface area (Å²) in [5.41, 5.74) is 0.992. The second kappa shape index (κ2) is 7.08. The molecule has 2 aromatic carbocycles. The molecule has 0 aromatic heterocycles. The maximum atomic E-state index is 6.27. The molecule has 21 heavy (non-hydrogen) atoms. The zero-order valence-corrected chi connectivity index (χ0v) is 14.4. The summed E-state index contributed by atoms with van der Waals surface area (Å²) >= 11 is 24.2. The molecule has 1 unspecified atom stereocenters. The molecule has 0 spiro atoms. The van der Waals surface area contributed by atoms with Crippen LogP contribution in [0, 0.1) is 0 Å². The van der Waals surface area contributed by atoms with Crippen LogP contribution in [0.3, 0.4) is 0 Å². The molecule has 112 valence electrons. The second-order valence-corrected chi connectivity index (χ2v) is 6.12. The quantitative estimate of drug-likeness (QED) is 0.636. The highest BCUT2D eigenvalue weighted by molar-refractivity contribution is 6.43. The molecule has 0 saturated carbocycles. The van der Waals surface area contributed by atoms with E-state index in [1.807, 2.05) is 26.1 Å². The molecular formula is C15H13Cl4NO. The summed E-state index contributed by atoms with van der Waals surface area (Å²) in [5, 5.41) is 4.89. The number of halogens is 4. The third-order valence-electron chi connectivity index (χ3n) is 3.07. The molecule has 1 N–H and O–H groups in total. The van der Waals surface area contributed by atoms with Crippen molar-refractivity contribution in [3.05, 3.63) is 56.0 Å². The van der Waals surface area contributed by atoms with Crippen LogP contribution in [0.2, 0.25) is 20.1 Å². The van der Waals surface area contributed by atoms with Gasteiger partial charge >= 0.3 is 0 Å². The van der Waals surface area contributed by atoms with E-state index in [0.717, 1.165) is 5.56 Å². The summed E-state index contributed by atoms with van der Waals surface area (Å²) in [6.07, 6.45) is 0. The van der Waals surface area contributed by atoms with Crippen LogP contribution >= 0.6 is 46.4 Å². The van der Waals surface area contributed by atoms with Gasteiger partial charge in [-0.05, 0) is 37.7 Å². The van der Waals surface area contributed by atoms with Crippen molar-refractivity contribution in [1.29, 1.82) is 0 Å². The predicted molar refractivity (Wildman–Crippen MR) is 90.5 cm³/mol. The molecule has 2 rings (SSSR count). The molecule has 0 aliphatic rings. The Hall–Kier alpha value is -0.640. The highest BCUT2D eigenvalue weighted by Gasteiger charge is 2.11. The number of nitrogens with one attached hydrogen (secondary N) is 1. The lowest BCUT2D eigenvalue weighted by atomic mass is 10.1. The van der Waals surface area contributed by atoms with Crippen molar-refractivity contribution in [3.63, 3.8) is 0 Å². The molecule has 0 heterocycles. The first-order chi connectivity index (χ1) is 9.92. The number of benzene rings is 2. The molecule has 2 nitrogen and oxygen atoms in total. The number of hydrogen-bond acceptors (Lipinski definition) is 2.